The molecule has 32 heavy (non-hydrogen) atoms. The molecule has 8 heteroatoms. The van der Waals surface area contributed by atoms with Gasteiger partial charge < -0.3 is 20.5 Å². The highest BCUT2D eigenvalue weighted by Gasteiger charge is 2.23. The van der Waals surface area contributed by atoms with Crippen molar-refractivity contribution >= 4 is 34.8 Å². The fraction of sp³-hybridized carbons (Fsp3) is 0.208. The normalized spacial score (nSPS) is 14.6. The van der Waals surface area contributed by atoms with E-state index < -0.39 is 6.09 Å². The number of pyridine rings is 1. The van der Waals surface area contributed by atoms with E-state index >= 15 is 0 Å². The van der Waals surface area contributed by atoms with Gasteiger partial charge in [-0.3, -0.25) is 5.32 Å². The summed E-state index contributed by atoms with van der Waals surface area (Å²) in [5.74, 6) is 1.30. The van der Waals surface area contributed by atoms with Gasteiger partial charge in [-0.05, 0) is 49.2 Å². The second-order valence-corrected chi connectivity index (χ2v) is 7.30. The van der Waals surface area contributed by atoms with Crippen LogP contribution in [-0.4, -0.2) is 29.4 Å². The number of nitrogens with two attached hydrogens (primary N) is 1. The minimum Gasteiger partial charge on any atom is -0.489 e. The first kappa shape index (κ1) is 21.2. The number of hydrogen-bond donors (Lipinski definition) is 3. The highest BCUT2D eigenvalue weighted by atomic mass is 16.5. The molecule has 8 nitrogen and oxygen atoms in total. The molecule has 0 saturated carbocycles. The van der Waals surface area contributed by atoms with Crippen LogP contribution in [0.25, 0.3) is 0 Å². The molecule has 2 aromatic carbocycles. The van der Waals surface area contributed by atoms with Crippen LogP contribution < -0.4 is 21.1 Å². The smallest absolute Gasteiger partial charge is 0.412 e. The highest BCUT2D eigenvalue weighted by molar-refractivity contribution is 6.10. The van der Waals surface area contributed by atoms with Crippen molar-refractivity contribution in [3.05, 3.63) is 71.8 Å². The van der Waals surface area contributed by atoms with E-state index in [0.29, 0.717) is 23.8 Å². The van der Waals surface area contributed by atoms with Gasteiger partial charge in [-0.15, -0.1) is 0 Å². The Morgan fingerprint density at radius 2 is 1.91 bits per heavy atom. The molecule has 1 aliphatic rings. The number of aliphatic imine (C=N–C) groups is 1. The molecule has 0 aliphatic carbocycles. The summed E-state index contributed by atoms with van der Waals surface area (Å²) in [7, 11) is 0. The first-order chi connectivity index (χ1) is 15.5. The Bertz CT molecular complexity index is 1130. The highest BCUT2D eigenvalue weighted by Crippen LogP contribution is 2.37. The summed E-state index contributed by atoms with van der Waals surface area (Å²) in [4.78, 5) is 20.7. The van der Waals surface area contributed by atoms with Crippen LogP contribution in [0.5, 0.6) is 5.75 Å². The molecule has 1 aliphatic heterocycles. The second-order valence-electron chi connectivity index (χ2n) is 7.30. The van der Waals surface area contributed by atoms with E-state index in [1.165, 1.54) is 0 Å². The zero-order chi connectivity index (χ0) is 22.5. The molecular formula is C24H25N5O3. The minimum atomic E-state index is -0.582. The van der Waals surface area contributed by atoms with E-state index in [4.69, 9.17) is 20.2 Å². The number of carbonyl (C=O) groups is 1. The quantitative estimate of drug-likeness (QED) is 0.520. The summed E-state index contributed by atoms with van der Waals surface area (Å²) in [6, 6.07) is 19.5. The lowest BCUT2D eigenvalue weighted by Gasteiger charge is -2.25. The second kappa shape index (κ2) is 9.38. The molecule has 0 radical (unpaired) electrons. The van der Waals surface area contributed by atoms with Crippen LogP contribution in [0.1, 0.15) is 25.0 Å². The van der Waals surface area contributed by atoms with Gasteiger partial charge in [0, 0.05) is 6.07 Å². The molecule has 4 N–H and O–H groups in total. The maximum Gasteiger partial charge on any atom is 0.412 e. The van der Waals surface area contributed by atoms with Crippen molar-refractivity contribution in [2.24, 2.45) is 4.99 Å². The number of amides is 1. The lowest BCUT2D eigenvalue weighted by molar-refractivity contribution is 0.168. The van der Waals surface area contributed by atoms with Crippen molar-refractivity contribution < 1.29 is 14.3 Å². The minimum absolute atomic E-state index is 0.0733. The molecule has 1 amide bonds. The number of rotatable bonds is 6. The molecule has 0 bridgehead atoms. The van der Waals surface area contributed by atoms with Gasteiger partial charge in [-0.2, -0.15) is 0 Å². The number of ether oxygens (including phenoxy) is 2. The summed E-state index contributed by atoms with van der Waals surface area (Å²) in [6.45, 7) is 4.52. The SMILES string of the molecule is CCOC(=O)Nc1cc2c(c(N)n1)N=C(c1ccc(OCc3ccccc3)cc1)[C@@H](C)N2. The third kappa shape index (κ3) is 4.80. The molecule has 0 saturated heterocycles. The molecule has 1 aromatic heterocycles. The Kier molecular flexibility index (Phi) is 6.21. The molecule has 164 valence electrons. The molecule has 4 rings (SSSR count). The van der Waals surface area contributed by atoms with Crippen LogP contribution in [0, 0.1) is 0 Å². The summed E-state index contributed by atoms with van der Waals surface area (Å²) < 4.78 is 10.8. The Labute approximate surface area is 186 Å². The van der Waals surface area contributed by atoms with E-state index in [2.05, 4.69) is 15.6 Å². The maximum absolute atomic E-state index is 11.7. The Hall–Kier alpha value is -4.07. The van der Waals surface area contributed by atoms with Crippen molar-refractivity contribution in [1.29, 1.82) is 0 Å². The number of anilines is 3. The van der Waals surface area contributed by atoms with Gasteiger partial charge in [0.25, 0.3) is 0 Å². The topological polar surface area (TPSA) is 111 Å². The van der Waals surface area contributed by atoms with Gasteiger partial charge in [-0.1, -0.05) is 30.3 Å². The standard InChI is InChI=1S/C24H25N5O3/c1-3-31-24(30)28-20-13-19-22(23(25)27-20)29-21(15(2)26-19)17-9-11-18(12-10-17)32-14-16-7-5-4-6-8-16/h4-13,15,26H,3,14H2,1-2H3,(H3,25,27,28,30)/t15-/m1/s1. The average molecular weight is 431 g/mol. The maximum atomic E-state index is 11.7. The number of aromatic nitrogens is 1. The van der Waals surface area contributed by atoms with Gasteiger partial charge in [0.1, 0.15) is 23.9 Å². The van der Waals surface area contributed by atoms with E-state index in [-0.39, 0.29) is 18.5 Å². The predicted molar refractivity (Wildman–Crippen MR) is 126 cm³/mol. The van der Waals surface area contributed by atoms with Crippen molar-refractivity contribution in [1.82, 2.24) is 4.98 Å². The Morgan fingerprint density at radius 1 is 1.16 bits per heavy atom. The third-order valence-electron chi connectivity index (χ3n) is 4.94. The summed E-state index contributed by atoms with van der Waals surface area (Å²) in [6.07, 6.45) is -0.582. The fourth-order valence-electron chi connectivity index (χ4n) is 3.42. The summed E-state index contributed by atoms with van der Waals surface area (Å²) in [5, 5.41) is 5.95. The monoisotopic (exact) mass is 431 g/mol. The number of hydrogen-bond acceptors (Lipinski definition) is 7. The molecule has 0 unspecified atom stereocenters. The van der Waals surface area contributed by atoms with Gasteiger partial charge in [-0.25, -0.2) is 14.8 Å². The van der Waals surface area contributed by atoms with Gasteiger partial charge in [0.05, 0.1) is 24.0 Å². The van der Waals surface area contributed by atoms with Gasteiger partial charge >= 0.3 is 6.09 Å². The van der Waals surface area contributed by atoms with E-state index in [9.17, 15) is 4.79 Å². The zero-order valence-electron chi connectivity index (χ0n) is 18.0. The van der Waals surface area contributed by atoms with Crippen LogP contribution in [-0.2, 0) is 11.3 Å². The van der Waals surface area contributed by atoms with E-state index in [1.807, 2.05) is 61.5 Å². The first-order valence-corrected chi connectivity index (χ1v) is 10.4. The van der Waals surface area contributed by atoms with Crippen LogP contribution >= 0.6 is 0 Å². The van der Waals surface area contributed by atoms with E-state index in [0.717, 1.165) is 22.6 Å². The summed E-state index contributed by atoms with van der Waals surface area (Å²) >= 11 is 0. The van der Waals surface area contributed by atoms with Crippen LogP contribution in [0.15, 0.2) is 65.7 Å². The lowest BCUT2D eigenvalue weighted by atomic mass is 10.0. The van der Waals surface area contributed by atoms with Crippen LogP contribution in [0.3, 0.4) is 0 Å². The number of carbonyl (C=O) groups excluding carboxylic acids is 1. The number of benzene rings is 2. The largest absolute Gasteiger partial charge is 0.489 e. The zero-order valence-corrected chi connectivity index (χ0v) is 18.0. The van der Waals surface area contributed by atoms with Crippen LogP contribution in [0.4, 0.5) is 27.8 Å². The Balaban J connectivity index is 1.51. The lowest BCUT2D eigenvalue weighted by Crippen LogP contribution is -2.30. The number of nitrogens with one attached hydrogen (secondary N) is 2. The Morgan fingerprint density at radius 3 is 2.62 bits per heavy atom. The molecule has 2 heterocycles. The fourth-order valence-corrected chi connectivity index (χ4v) is 3.42. The molecular weight excluding hydrogens is 406 g/mol. The molecule has 3 aromatic rings. The first-order valence-electron chi connectivity index (χ1n) is 10.4. The average Bonchev–Trinajstić information content (AvgIpc) is 2.78. The number of nitrogen functional groups attached to an aromatic ring is 1. The van der Waals surface area contributed by atoms with E-state index in [1.54, 1.807) is 13.0 Å². The third-order valence-corrected chi connectivity index (χ3v) is 4.94. The van der Waals surface area contributed by atoms with Gasteiger partial charge in [0.15, 0.2) is 5.82 Å². The van der Waals surface area contributed by atoms with Gasteiger partial charge in [0.2, 0.25) is 0 Å². The van der Waals surface area contributed by atoms with Crippen LogP contribution in [0.2, 0.25) is 0 Å². The van der Waals surface area contributed by atoms with Crippen molar-refractivity contribution in [2.75, 3.05) is 23.0 Å². The number of nitrogens with zero attached hydrogens (tertiary/aromatic N) is 2. The van der Waals surface area contributed by atoms with Crippen molar-refractivity contribution in [3.63, 3.8) is 0 Å². The molecule has 0 fully saturated rings. The summed E-state index contributed by atoms with van der Waals surface area (Å²) in [5.41, 5.74) is 10.3. The van der Waals surface area contributed by atoms with Crippen molar-refractivity contribution in [2.45, 2.75) is 26.5 Å². The number of fused-ring (bicyclic) bond motifs is 1. The molecule has 0 spiro atoms. The molecule has 1 atom stereocenters. The van der Waals surface area contributed by atoms with Crippen molar-refractivity contribution in [3.8, 4) is 5.75 Å². The predicted octanol–water partition coefficient (Wildman–Crippen LogP) is 4.75.